The van der Waals surface area contributed by atoms with Crippen molar-refractivity contribution in [3.05, 3.63) is 29.3 Å². The van der Waals surface area contributed by atoms with Gasteiger partial charge in [0.2, 0.25) is 5.91 Å². The van der Waals surface area contributed by atoms with Gasteiger partial charge in [0.05, 0.1) is 0 Å². The van der Waals surface area contributed by atoms with E-state index in [4.69, 9.17) is 0 Å². The number of carbonyl (C=O) groups is 1. The summed E-state index contributed by atoms with van der Waals surface area (Å²) in [4.78, 5) is 14.2. The van der Waals surface area contributed by atoms with Gasteiger partial charge in [0.25, 0.3) is 0 Å². The molecule has 0 saturated carbocycles. The third-order valence-corrected chi connectivity index (χ3v) is 4.13. The van der Waals surface area contributed by atoms with Crippen molar-refractivity contribution < 1.29 is 4.79 Å². The van der Waals surface area contributed by atoms with Gasteiger partial charge in [-0.3, -0.25) is 4.79 Å². The first-order valence-corrected chi connectivity index (χ1v) is 6.28. The van der Waals surface area contributed by atoms with Crippen LogP contribution in [0.5, 0.6) is 0 Å². The fraction of sp³-hybridized carbons (Fsp3) is 0.500. The highest BCUT2D eigenvalue weighted by Gasteiger charge is 2.40. The van der Waals surface area contributed by atoms with Gasteiger partial charge >= 0.3 is 0 Å². The number of hydrogen-bond donors (Lipinski definition) is 1. The van der Waals surface area contributed by atoms with Gasteiger partial charge in [0.1, 0.15) is 0 Å². The number of benzene rings is 1. The van der Waals surface area contributed by atoms with Crippen LogP contribution in [0.2, 0.25) is 0 Å². The molecule has 1 amide bonds. The lowest BCUT2D eigenvalue weighted by atomic mass is 9.76. The minimum Gasteiger partial charge on any atom is -0.316 e. The Labute approximate surface area is 102 Å². The molecule has 17 heavy (non-hydrogen) atoms. The van der Waals surface area contributed by atoms with Crippen LogP contribution in [0.3, 0.4) is 0 Å². The number of hydrogen-bond acceptors (Lipinski definition) is 2. The Bertz CT molecular complexity index is 469. The molecule has 2 unspecified atom stereocenters. The third-order valence-electron chi connectivity index (χ3n) is 4.13. The summed E-state index contributed by atoms with van der Waals surface area (Å²) < 4.78 is 0. The molecule has 1 saturated heterocycles. The Hall–Kier alpha value is -1.35. The number of nitrogens with zero attached hydrogens (tertiary/aromatic N) is 1. The van der Waals surface area contributed by atoms with E-state index in [-0.39, 0.29) is 5.92 Å². The van der Waals surface area contributed by atoms with Gasteiger partial charge in [0, 0.05) is 31.1 Å². The molecule has 90 valence electrons. The first kappa shape index (κ1) is 10.8. The highest BCUT2D eigenvalue weighted by Crippen LogP contribution is 2.42. The number of para-hydroxylation sites is 1. The molecule has 0 aromatic heterocycles. The van der Waals surface area contributed by atoms with E-state index in [2.05, 4.69) is 30.4 Å². The topological polar surface area (TPSA) is 32.3 Å². The summed E-state index contributed by atoms with van der Waals surface area (Å²) in [5.41, 5.74) is 3.66. The largest absolute Gasteiger partial charge is 0.316 e. The van der Waals surface area contributed by atoms with E-state index < -0.39 is 0 Å². The normalized spacial score (nSPS) is 27.6. The summed E-state index contributed by atoms with van der Waals surface area (Å²) in [5.74, 6) is 0.830. The fourth-order valence-corrected chi connectivity index (χ4v) is 3.28. The summed E-state index contributed by atoms with van der Waals surface area (Å²) >= 11 is 0. The van der Waals surface area contributed by atoms with Gasteiger partial charge in [-0.25, -0.2) is 0 Å². The zero-order valence-electron chi connectivity index (χ0n) is 10.4. The molecule has 2 heterocycles. The Morgan fingerprint density at radius 2 is 2.18 bits per heavy atom. The minimum absolute atomic E-state index is 0.176. The third kappa shape index (κ3) is 1.49. The summed E-state index contributed by atoms with van der Waals surface area (Å²) in [5, 5.41) is 3.41. The molecule has 0 radical (unpaired) electrons. The molecule has 3 nitrogen and oxygen atoms in total. The molecule has 2 atom stereocenters. The lowest BCUT2D eigenvalue weighted by molar-refractivity contribution is -0.123. The van der Waals surface area contributed by atoms with E-state index in [1.165, 1.54) is 11.1 Å². The van der Waals surface area contributed by atoms with Crippen molar-refractivity contribution in [2.45, 2.75) is 19.3 Å². The zero-order valence-corrected chi connectivity index (χ0v) is 10.4. The predicted molar refractivity (Wildman–Crippen MR) is 68.3 cm³/mol. The molecule has 2 aliphatic rings. The predicted octanol–water partition coefficient (Wildman–Crippen LogP) is 1.66. The maximum atomic E-state index is 12.4. The van der Waals surface area contributed by atoms with Crippen molar-refractivity contribution in [3.63, 3.8) is 0 Å². The van der Waals surface area contributed by atoms with Gasteiger partial charge in [-0.15, -0.1) is 0 Å². The molecular formula is C14H18N2O. The Morgan fingerprint density at radius 3 is 3.00 bits per heavy atom. The summed E-state index contributed by atoms with van der Waals surface area (Å²) in [7, 11) is 1.91. The Kier molecular flexibility index (Phi) is 2.44. The molecule has 1 aromatic rings. The van der Waals surface area contributed by atoms with Crippen LogP contribution >= 0.6 is 0 Å². The molecule has 1 aromatic carbocycles. The standard InChI is InChI=1S/C14H18N2O/c1-9-4-3-5-10-12-8-15-7-6-11(12)14(17)16(2)13(9)10/h3-5,11-12,15H,6-8H2,1-2H3. The van der Waals surface area contributed by atoms with Crippen LogP contribution in [0, 0.1) is 12.8 Å². The number of nitrogens with one attached hydrogen (secondary N) is 1. The molecule has 1 fully saturated rings. The van der Waals surface area contributed by atoms with E-state index >= 15 is 0 Å². The monoisotopic (exact) mass is 230 g/mol. The maximum Gasteiger partial charge on any atom is 0.230 e. The Morgan fingerprint density at radius 1 is 1.35 bits per heavy atom. The smallest absolute Gasteiger partial charge is 0.230 e. The van der Waals surface area contributed by atoms with Crippen molar-refractivity contribution in [1.29, 1.82) is 0 Å². The van der Waals surface area contributed by atoms with Crippen LogP contribution in [-0.2, 0) is 4.79 Å². The van der Waals surface area contributed by atoms with Crippen LogP contribution < -0.4 is 10.2 Å². The van der Waals surface area contributed by atoms with Crippen LogP contribution in [0.4, 0.5) is 5.69 Å². The molecule has 3 rings (SSSR count). The number of fused-ring (bicyclic) bond motifs is 3. The molecule has 3 heteroatoms. The molecular weight excluding hydrogens is 212 g/mol. The molecule has 1 N–H and O–H groups in total. The fourth-order valence-electron chi connectivity index (χ4n) is 3.28. The summed E-state index contributed by atoms with van der Waals surface area (Å²) in [6, 6.07) is 6.36. The van der Waals surface area contributed by atoms with E-state index in [9.17, 15) is 4.79 Å². The number of amides is 1. The summed E-state index contributed by atoms with van der Waals surface area (Å²) in [6.07, 6.45) is 0.960. The van der Waals surface area contributed by atoms with Crippen molar-refractivity contribution in [2.24, 2.45) is 5.92 Å². The van der Waals surface area contributed by atoms with Crippen LogP contribution in [0.25, 0.3) is 0 Å². The average Bonchev–Trinajstić information content (AvgIpc) is 2.36. The molecule has 0 bridgehead atoms. The van der Waals surface area contributed by atoms with Crippen LogP contribution in [0.15, 0.2) is 18.2 Å². The second-order valence-corrected chi connectivity index (χ2v) is 5.12. The second-order valence-electron chi connectivity index (χ2n) is 5.12. The number of anilines is 1. The van der Waals surface area contributed by atoms with Gasteiger partial charge < -0.3 is 10.2 Å². The van der Waals surface area contributed by atoms with Gasteiger partial charge in [-0.2, -0.15) is 0 Å². The van der Waals surface area contributed by atoms with E-state index in [0.29, 0.717) is 11.8 Å². The Balaban J connectivity index is 2.16. The van der Waals surface area contributed by atoms with Crippen molar-refractivity contribution in [3.8, 4) is 0 Å². The van der Waals surface area contributed by atoms with Crippen molar-refractivity contribution >= 4 is 11.6 Å². The zero-order chi connectivity index (χ0) is 12.0. The minimum atomic E-state index is 0.176. The number of piperidine rings is 1. The van der Waals surface area contributed by atoms with Crippen LogP contribution in [0.1, 0.15) is 23.5 Å². The van der Waals surface area contributed by atoms with Crippen LogP contribution in [-0.4, -0.2) is 26.0 Å². The number of rotatable bonds is 0. The summed E-state index contributed by atoms with van der Waals surface area (Å²) in [6.45, 7) is 3.97. The lowest BCUT2D eigenvalue weighted by Gasteiger charge is -2.41. The number of carbonyl (C=O) groups excluding carboxylic acids is 1. The van der Waals surface area contributed by atoms with Gasteiger partial charge in [-0.05, 0) is 31.0 Å². The van der Waals surface area contributed by atoms with Gasteiger partial charge in [-0.1, -0.05) is 18.2 Å². The molecule has 0 aliphatic carbocycles. The molecule has 0 spiro atoms. The average molecular weight is 230 g/mol. The van der Waals surface area contributed by atoms with E-state index in [1.807, 2.05) is 11.9 Å². The highest BCUT2D eigenvalue weighted by molar-refractivity contribution is 5.99. The second kappa shape index (κ2) is 3.84. The molecule has 2 aliphatic heterocycles. The lowest BCUT2D eigenvalue weighted by Crippen LogP contribution is -2.48. The first-order valence-electron chi connectivity index (χ1n) is 6.28. The van der Waals surface area contributed by atoms with E-state index in [0.717, 1.165) is 25.2 Å². The van der Waals surface area contributed by atoms with E-state index in [1.54, 1.807) is 0 Å². The highest BCUT2D eigenvalue weighted by atomic mass is 16.2. The van der Waals surface area contributed by atoms with Gasteiger partial charge in [0.15, 0.2) is 0 Å². The maximum absolute atomic E-state index is 12.4. The number of aryl methyl sites for hydroxylation is 1. The SMILES string of the molecule is Cc1cccc2c1N(C)C(=O)C1CCNCC21. The first-order chi connectivity index (χ1) is 8.20. The van der Waals surface area contributed by atoms with Crippen molar-refractivity contribution in [1.82, 2.24) is 5.32 Å². The van der Waals surface area contributed by atoms with Crippen molar-refractivity contribution in [2.75, 3.05) is 25.0 Å². The quantitative estimate of drug-likeness (QED) is 0.735.